The molecule has 0 fully saturated rings. The molecule has 0 aromatic carbocycles. The van der Waals surface area contributed by atoms with Crippen molar-refractivity contribution in [2.45, 2.75) is 32.2 Å². The number of rotatable bonds is 2. The summed E-state index contributed by atoms with van der Waals surface area (Å²) in [6, 6.07) is 3.56. The molecule has 4 nitrogen and oxygen atoms in total. The summed E-state index contributed by atoms with van der Waals surface area (Å²) < 4.78 is 0. The van der Waals surface area contributed by atoms with Crippen molar-refractivity contribution >= 4 is 19.4 Å². The summed E-state index contributed by atoms with van der Waals surface area (Å²) in [6.45, 7) is 4.56. The van der Waals surface area contributed by atoms with Gasteiger partial charge in [0.05, 0.1) is 31.5 Å². The van der Waals surface area contributed by atoms with Crippen LogP contribution in [0, 0.1) is 0 Å². The number of pyridine rings is 1. The first-order valence-corrected chi connectivity index (χ1v) is 5.61. The first kappa shape index (κ1) is 12.1. The van der Waals surface area contributed by atoms with Gasteiger partial charge in [0.1, 0.15) is 0 Å². The van der Waals surface area contributed by atoms with Gasteiger partial charge in [0, 0.05) is 12.0 Å². The Labute approximate surface area is 102 Å². The molecule has 5 heteroatoms. The summed E-state index contributed by atoms with van der Waals surface area (Å²) >= 11 is 0. The number of aromatic nitrogens is 1. The topological polar surface area (TPSA) is 53.4 Å². The van der Waals surface area contributed by atoms with E-state index >= 15 is 0 Å². The minimum atomic E-state index is -0.203. The highest BCUT2D eigenvalue weighted by atomic mass is 16.3. The lowest BCUT2D eigenvalue weighted by Gasteiger charge is -2.19. The number of anilines is 1. The summed E-state index contributed by atoms with van der Waals surface area (Å²) in [5, 5.41) is 9.10. The van der Waals surface area contributed by atoms with Gasteiger partial charge in [0.25, 0.3) is 0 Å². The van der Waals surface area contributed by atoms with E-state index in [-0.39, 0.29) is 24.2 Å². The van der Waals surface area contributed by atoms with E-state index in [0.29, 0.717) is 12.2 Å². The lowest BCUT2D eigenvalue weighted by atomic mass is 9.91. The maximum Gasteiger partial charge on any atom is 0.218 e. The molecule has 2 radical (unpaired) electrons. The number of hydrogen-bond donors (Lipinski definition) is 1. The quantitative estimate of drug-likeness (QED) is 0.764. The molecule has 1 N–H and O–H groups in total. The third-order valence-corrected chi connectivity index (χ3v) is 3.05. The molecule has 0 saturated heterocycles. The molecule has 0 unspecified atom stereocenters. The molecule has 1 aliphatic heterocycles. The van der Waals surface area contributed by atoms with Crippen LogP contribution in [0.15, 0.2) is 12.1 Å². The van der Waals surface area contributed by atoms with Crippen LogP contribution in [0.4, 0.5) is 5.69 Å². The Kier molecular flexibility index (Phi) is 2.95. The maximum atomic E-state index is 11.7. The van der Waals surface area contributed by atoms with E-state index in [1.54, 1.807) is 11.0 Å². The van der Waals surface area contributed by atoms with Crippen molar-refractivity contribution < 1.29 is 9.90 Å². The van der Waals surface area contributed by atoms with Crippen molar-refractivity contribution in [1.29, 1.82) is 0 Å². The van der Waals surface area contributed by atoms with Crippen LogP contribution >= 0.6 is 0 Å². The third kappa shape index (κ3) is 1.95. The third-order valence-electron chi connectivity index (χ3n) is 3.05. The van der Waals surface area contributed by atoms with Gasteiger partial charge in [-0.1, -0.05) is 13.8 Å². The zero-order valence-corrected chi connectivity index (χ0v) is 10.1. The molecule has 0 atom stereocenters. The van der Waals surface area contributed by atoms with Crippen LogP contribution in [-0.2, 0) is 16.8 Å². The minimum Gasteiger partial charge on any atom is -0.390 e. The average Bonchev–Trinajstić information content (AvgIpc) is 2.60. The molecular formula is C12H15BN2O2. The first-order chi connectivity index (χ1) is 7.99. The highest BCUT2D eigenvalue weighted by Gasteiger charge is 2.38. The number of carbonyl (C=O) groups is 1. The Balaban J connectivity index is 2.48. The van der Waals surface area contributed by atoms with Crippen LogP contribution in [0.3, 0.4) is 0 Å². The number of carbonyl (C=O) groups excluding carboxylic acids is 1. The molecule has 0 spiro atoms. The van der Waals surface area contributed by atoms with Gasteiger partial charge >= 0.3 is 0 Å². The van der Waals surface area contributed by atoms with E-state index in [1.807, 2.05) is 19.9 Å². The molecule has 1 aromatic heterocycles. The van der Waals surface area contributed by atoms with E-state index < -0.39 is 0 Å². The molecule has 2 heterocycles. The number of aliphatic hydroxyl groups is 1. The standard InChI is InChI=1S/C12H15BN2O2/c1-12(2)7-15(10(17)5-13)9-4-3-8(6-16)14-11(9)12/h3-4,16H,5-7H2,1-2H3. The van der Waals surface area contributed by atoms with E-state index in [2.05, 4.69) is 4.98 Å². The smallest absolute Gasteiger partial charge is 0.218 e. The summed E-state index contributed by atoms with van der Waals surface area (Å²) in [5.74, 6) is -0.102. The minimum absolute atomic E-state index is 0.00271. The first-order valence-electron chi connectivity index (χ1n) is 5.61. The van der Waals surface area contributed by atoms with Crippen LogP contribution in [-0.4, -0.2) is 30.4 Å². The van der Waals surface area contributed by atoms with Crippen LogP contribution in [0.5, 0.6) is 0 Å². The van der Waals surface area contributed by atoms with Crippen molar-refractivity contribution in [3.8, 4) is 0 Å². The van der Waals surface area contributed by atoms with Gasteiger partial charge in [0.15, 0.2) is 0 Å². The van der Waals surface area contributed by atoms with Gasteiger partial charge in [-0.15, -0.1) is 0 Å². The predicted octanol–water partition coefficient (Wildman–Crippen LogP) is 0.785. The Hall–Kier alpha value is -1.36. The maximum absolute atomic E-state index is 11.7. The van der Waals surface area contributed by atoms with E-state index in [9.17, 15) is 4.79 Å². The Morgan fingerprint density at radius 3 is 2.88 bits per heavy atom. The second-order valence-electron chi connectivity index (χ2n) is 4.90. The monoisotopic (exact) mass is 230 g/mol. The van der Waals surface area contributed by atoms with E-state index in [0.717, 1.165) is 11.4 Å². The van der Waals surface area contributed by atoms with Crippen LogP contribution < -0.4 is 4.90 Å². The van der Waals surface area contributed by atoms with Gasteiger partial charge < -0.3 is 10.0 Å². The second kappa shape index (κ2) is 4.15. The number of nitrogens with zero attached hydrogens (tertiary/aromatic N) is 2. The van der Waals surface area contributed by atoms with Crippen LogP contribution in [0.1, 0.15) is 25.2 Å². The Morgan fingerprint density at radius 1 is 1.59 bits per heavy atom. The second-order valence-corrected chi connectivity index (χ2v) is 4.90. The zero-order chi connectivity index (χ0) is 12.6. The zero-order valence-electron chi connectivity index (χ0n) is 10.1. The van der Waals surface area contributed by atoms with Crippen LogP contribution in [0.25, 0.3) is 0 Å². The molecule has 0 saturated carbocycles. The Bertz CT molecular complexity index is 460. The molecule has 1 aromatic rings. The SMILES string of the molecule is [B]CC(=O)N1CC(C)(C)c2nc(CO)ccc21. The molecular weight excluding hydrogens is 215 g/mol. The van der Waals surface area contributed by atoms with Crippen molar-refractivity contribution in [3.05, 3.63) is 23.5 Å². The summed E-state index contributed by atoms with van der Waals surface area (Å²) in [7, 11) is 5.40. The normalized spacial score (nSPS) is 17.0. The summed E-state index contributed by atoms with van der Waals surface area (Å²) in [6.07, 6.45) is -0.00271. The van der Waals surface area contributed by atoms with E-state index in [1.165, 1.54) is 0 Å². The lowest BCUT2D eigenvalue weighted by Crippen LogP contribution is -2.33. The fourth-order valence-corrected chi connectivity index (χ4v) is 2.18. The largest absolute Gasteiger partial charge is 0.390 e. The van der Waals surface area contributed by atoms with Crippen molar-refractivity contribution in [2.24, 2.45) is 0 Å². The van der Waals surface area contributed by atoms with Crippen molar-refractivity contribution in [1.82, 2.24) is 4.98 Å². The molecule has 2 rings (SSSR count). The van der Waals surface area contributed by atoms with Gasteiger partial charge in [-0.05, 0) is 18.5 Å². The summed E-state index contributed by atoms with van der Waals surface area (Å²) in [4.78, 5) is 17.8. The number of amides is 1. The average molecular weight is 230 g/mol. The molecule has 1 aliphatic rings. The van der Waals surface area contributed by atoms with Gasteiger partial charge in [-0.2, -0.15) is 0 Å². The number of fused-ring (bicyclic) bond motifs is 1. The molecule has 88 valence electrons. The molecule has 1 amide bonds. The van der Waals surface area contributed by atoms with Gasteiger partial charge in [-0.3, -0.25) is 9.78 Å². The molecule has 0 bridgehead atoms. The fourth-order valence-electron chi connectivity index (χ4n) is 2.18. The van der Waals surface area contributed by atoms with E-state index in [4.69, 9.17) is 13.0 Å². The van der Waals surface area contributed by atoms with Crippen molar-refractivity contribution in [2.75, 3.05) is 11.4 Å². The highest BCUT2D eigenvalue weighted by molar-refractivity contribution is 6.22. The van der Waals surface area contributed by atoms with Crippen LogP contribution in [0.2, 0.25) is 6.32 Å². The van der Waals surface area contributed by atoms with Crippen molar-refractivity contribution in [3.63, 3.8) is 0 Å². The fraction of sp³-hybridized carbons (Fsp3) is 0.500. The van der Waals surface area contributed by atoms with Gasteiger partial charge in [-0.25, -0.2) is 0 Å². The molecule has 17 heavy (non-hydrogen) atoms. The van der Waals surface area contributed by atoms with Gasteiger partial charge in [0.2, 0.25) is 5.91 Å². The Morgan fingerprint density at radius 2 is 2.29 bits per heavy atom. The number of hydrogen-bond acceptors (Lipinski definition) is 3. The predicted molar refractivity (Wildman–Crippen MR) is 66.1 cm³/mol. The number of aliphatic hydroxyl groups excluding tert-OH is 1. The lowest BCUT2D eigenvalue weighted by molar-refractivity contribution is -0.116. The highest BCUT2D eigenvalue weighted by Crippen LogP contribution is 2.39. The summed E-state index contributed by atoms with van der Waals surface area (Å²) in [5.41, 5.74) is 2.08. The molecule has 0 aliphatic carbocycles.